The van der Waals surface area contributed by atoms with Crippen LogP contribution in [0.3, 0.4) is 0 Å². The third-order valence-electron chi connectivity index (χ3n) is 4.74. The normalized spacial score (nSPS) is 10.7. The van der Waals surface area contributed by atoms with Gasteiger partial charge in [0.05, 0.1) is 18.0 Å². The molecule has 0 aliphatic rings. The Bertz CT molecular complexity index is 1230. The van der Waals surface area contributed by atoms with Gasteiger partial charge in [0.1, 0.15) is 5.75 Å². The van der Waals surface area contributed by atoms with Gasteiger partial charge in [-0.25, -0.2) is 0 Å². The first-order valence-corrected chi connectivity index (χ1v) is 10.4. The van der Waals surface area contributed by atoms with Crippen molar-refractivity contribution in [3.8, 4) is 17.6 Å². The molecule has 0 amide bonds. The molecule has 1 heterocycles. The minimum atomic E-state index is 0.741. The zero-order chi connectivity index (χ0) is 21.3. The summed E-state index contributed by atoms with van der Waals surface area (Å²) in [6.45, 7) is 2.89. The van der Waals surface area contributed by atoms with Crippen LogP contribution in [0.25, 0.3) is 10.8 Å². The Kier molecular flexibility index (Phi) is 6.67. The predicted molar refractivity (Wildman–Crippen MR) is 125 cm³/mol. The molecule has 4 nitrogen and oxygen atoms in total. The van der Waals surface area contributed by atoms with E-state index in [0.29, 0.717) is 0 Å². The average Bonchev–Trinajstić information content (AvgIpc) is 2.83. The van der Waals surface area contributed by atoms with E-state index < -0.39 is 0 Å². The first kappa shape index (κ1) is 20.3. The standard InChI is InChI=1S/C27H23N3O/c1-2-3-18-31-27-14-12-26(13-15-27)30-29-25-10-7-21(8-11-25)4-5-22-6-9-24-20-28-17-16-23(24)19-22/h6-17,19-20H,2-3,18H2,1H3. The third-order valence-corrected chi connectivity index (χ3v) is 4.74. The Morgan fingerprint density at radius 3 is 2.19 bits per heavy atom. The van der Waals surface area contributed by atoms with Crippen molar-refractivity contribution < 1.29 is 4.74 Å². The van der Waals surface area contributed by atoms with Crippen molar-refractivity contribution in [2.24, 2.45) is 10.2 Å². The number of hydrogen-bond donors (Lipinski definition) is 0. The molecule has 0 unspecified atom stereocenters. The summed E-state index contributed by atoms with van der Waals surface area (Å²) >= 11 is 0. The monoisotopic (exact) mass is 405 g/mol. The maximum atomic E-state index is 5.67. The second kappa shape index (κ2) is 10.2. The number of rotatable bonds is 6. The SMILES string of the molecule is CCCCOc1ccc(N=Nc2ccc(C#Cc3ccc4cnccc4c3)cc2)cc1. The molecule has 0 atom stereocenters. The van der Waals surface area contributed by atoms with E-state index in [-0.39, 0.29) is 0 Å². The van der Waals surface area contributed by atoms with Gasteiger partial charge in [-0.3, -0.25) is 4.98 Å². The maximum absolute atomic E-state index is 5.67. The summed E-state index contributed by atoms with van der Waals surface area (Å²) < 4.78 is 5.67. The molecule has 0 aliphatic heterocycles. The van der Waals surface area contributed by atoms with Crippen molar-refractivity contribution >= 4 is 22.1 Å². The van der Waals surface area contributed by atoms with Crippen LogP contribution in [0.1, 0.15) is 30.9 Å². The lowest BCUT2D eigenvalue weighted by atomic mass is 10.1. The summed E-state index contributed by atoms with van der Waals surface area (Å²) in [4.78, 5) is 4.14. The number of nitrogens with zero attached hydrogens (tertiary/aromatic N) is 3. The highest BCUT2D eigenvalue weighted by Crippen LogP contribution is 2.22. The van der Waals surface area contributed by atoms with Gasteiger partial charge in [-0.05, 0) is 78.5 Å². The number of aromatic nitrogens is 1. The fourth-order valence-electron chi connectivity index (χ4n) is 2.98. The van der Waals surface area contributed by atoms with Crippen LogP contribution in [0.4, 0.5) is 11.4 Å². The van der Waals surface area contributed by atoms with Gasteiger partial charge < -0.3 is 4.74 Å². The van der Waals surface area contributed by atoms with Gasteiger partial charge in [-0.1, -0.05) is 31.3 Å². The van der Waals surface area contributed by atoms with Gasteiger partial charge in [0.25, 0.3) is 0 Å². The fraction of sp³-hybridized carbons (Fsp3) is 0.148. The summed E-state index contributed by atoms with van der Waals surface area (Å²) in [6, 6.07) is 23.5. The minimum Gasteiger partial charge on any atom is -0.494 e. The number of pyridine rings is 1. The zero-order valence-electron chi connectivity index (χ0n) is 17.5. The van der Waals surface area contributed by atoms with E-state index in [0.717, 1.165) is 58.5 Å². The fourth-order valence-corrected chi connectivity index (χ4v) is 2.98. The molecular weight excluding hydrogens is 382 g/mol. The molecule has 0 N–H and O–H groups in total. The van der Waals surface area contributed by atoms with E-state index in [1.807, 2.05) is 72.9 Å². The minimum absolute atomic E-state index is 0.741. The van der Waals surface area contributed by atoms with Crippen molar-refractivity contribution in [2.45, 2.75) is 19.8 Å². The van der Waals surface area contributed by atoms with E-state index in [1.165, 1.54) is 0 Å². The number of unbranched alkanes of at least 4 members (excludes halogenated alkanes) is 1. The Balaban J connectivity index is 1.38. The lowest BCUT2D eigenvalue weighted by molar-refractivity contribution is 0.309. The van der Waals surface area contributed by atoms with Crippen LogP contribution < -0.4 is 4.74 Å². The summed E-state index contributed by atoms with van der Waals surface area (Å²) in [5.41, 5.74) is 3.48. The highest BCUT2D eigenvalue weighted by atomic mass is 16.5. The molecule has 0 radical (unpaired) electrons. The number of hydrogen-bond acceptors (Lipinski definition) is 4. The molecule has 0 saturated carbocycles. The van der Waals surface area contributed by atoms with Crippen LogP contribution in [-0.4, -0.2) is 11.6 Å². The van der Waals surface area contributed by atoms with Gasteiger partial charge in [0, 0.05) is 28.9 Å². The highest BCUT2D eigenvalue weighted by molar-refractivity contribution is 5.82. The summed E-state index contributed by atoms with van der Waals surface area (Å²) in [7, 11) is 0. The molecule has 4 rings (SSSR count). The van der Waals surface area contributed by atoms with Crippen molar-refractivity contribution in [1.29, 1.82) is 0 Å². The van der Waals surface area contributed by atoms with Crippen LogP contribution >= 0.6 is 0 Å². The second-order valence-corrected chi connectivity index (χ2v) is 7.13. The van der Waals surface area contributed by atoms with Gasteiger partial charge in [-0.2, -0.15) is 10.2 Å². The smallest absolute Gasteiger partial charge is 0.119 e. The van der Waals surface area contributed by atoms with E-state index in [2.05, 4.69) is 40.0 Å². The van der Waals surface area contributed by atoms with E-state index in [9.17, 15) is 0 Å². The maximum Gasteiger partial charge on any atom is 0.119 e. The van der Waals surface area contributed by atoms with E-state index in [4.69, 9.17) is 4.74 Å². The summed E-state index contributed by atoms with van der Waals surface area (Å²) in [5.74, 6) is 7.28. The van der Waals surface area contributed by atoms with Crippen LogP contribution in [0.5, 0.6) is 5.75 Å². The largest absolute Gasteiger partial charge is 0.494 e. The van der Waals surface area contributed by atoms with Gasteiger partial charge in [-0.15, -0.1) is 0 Å². The van der Waals surface area contributed by atoms with Crippen molar-refractivity contribution in [1.82, 2.24) is 4.98 Å². The second-order valence-electron chi connectivity index (χ2n) is 7.13. The predicted octanol–water partition coefficient (Wildman–Crippen LogP) is 7.23. The Morgan fingerprint density at radius 2 is 1.45 bits per heavy atom. The number of fused-ring (bicyclic) bond motifs is 1. The molecule has 1 aromatic heterocycles. The third kappa shape index (κ3) is 5.77. The van der Waals surface area contributed by atoms with Crippen molar-refractivity contribution in [3.63, 3.8) is 0 Å². The zero-order valence-corrected chi connectivity index (χ0v) is 17.5. The Labute approximate surface area is 182 Å². The molecule has 4 aromatic rings. The molecule has 0 spiro atoms. The van der Waals surface area contributed by atoms with Crippen molar-refractivity contribution in [3.05, 3.63) is 96.3 Å². The van der Waals surface area contributed by atoms with Gasteiger partial charge >= 0.3 is 0 Å². The molecule has 3 aromatic carbocycles. The summed E-state index contributed by atoms with van der Waals surface area (Å²) in [6.07, 6.45) is 5.83. The number of benzene rings is 3. The molecule has 4 heteroatoms. The van der Waals surface area contributed by atoms with Crippen LogP contribution in [0, 0.1) is 11.8 Å². The Hall–Kier alpha value is -3.97. The molecule has 0 saturated heterocycles. The molecule has 0 aliphatic carbocycles. The molecule has 0 bridgehead atoms. The first-order valence-electron chi connectivity index (χ1n) is 10.4. The van der Waals surface area contributed by atoms with Crippen molar-refractivity contribution in [2.75, 3.05) is 6.61 Å². The molecular formula is C27H23N3O. The van der Waals surface area contributed by atoms with Crippen LogP contribution in [-0.2, 0) is 0 Å². The summed E-state index contributed by atoms with van der Waals surface area (Å²) in [5, 5.41) is 10.8. The average molecular weight is 406 g/mol. The quantitative estimate of drug-likeness (QED) is 0.193. The molecule has 152 valence electrons. The number of azo groups is 1. The molecule has 31 heavy (non-hydrogen) atoms. The van der Waals surface area contributed by atoms with Gasteiger partial charge in [0.15, 0.2) is 0 Å². The van der Waals surface area contributed by atoms with Crippen LogP contribution in [0.15, 0.2) is 95.4 Å². The number of ether oxygens (including phenoxy) is 1. The topological polar surface area (TPSA) is 46.8 Å². The van der Waals surface area contributed by atoms with E-state index >= 15 is 0 Å². The van der Waals surface area contributed by atoms with E-state index in [1.54, 1.807) is 6.20 Å². The van der Waals surface area contributed by atoms with Gasteiger partial charge in [0.2, 0.25) is 0 Å². The lowest BCUT2D eigenvalue weighted by Crippen LogP contribution is -1.95. The first-order chi connectivity index (χ1) is 15.3. The Morgan fingerprint density at radius 1 is 0.774 bits per heavy atom. The van der Waals surface area contributed by atoms with Crippen LogP contribution in [0.2, 0.25) is 0 Å². The highest BCUT2D eigenvalue weighted by Gasteiger charge is 1.96. The lowest BCUT2D eigenvalue weighted by Gasteiger charge is -2.04. The molecule has 0 fully saturated rings.